The SMILES string of the molecule is CCOc1cccc(SCCCO)c1[N+](=O)[O-]. The van der Waals surface area contributed by atoms with Crippen LogP contribution in [0.2, 0.25) is 0 Å². The molecule has 1 N–H and O–H groups in total. The summed E-state index contributed by atoms with van der Waals surface area (Å²) in [6.07, 6.45) is 0.612. The third-order valence-electron chi connectivity index (χ3n) is 2.00. The van der Waals surface area contributed by atoms with E-state index in [4.69, 9.17) is 9.84 Å². The smallest absolute Gasteiger partial charge is 0.324 e. The van der Waals surface area contributed by atoms with Crippen molar-refractivity contribution in [1.29, 1.82) is 0 Å². The van der Waals surface area contributed by atoms with E-state index in [9.17, 15) is 10.1 Å². The molecule has 1 aromatic rings. The van der Waals surface area contributed by atoms with Crippen LogP contribution < -0.4 is 4.74 Å². The number of nitro groups is 1. The number of hydrogen-bond donors (Lipinski definition) is 1. The van der Waals surface area contributed by atoms with Crippen molar-refractivity contribution in [1.82, 2.24) is 0 Å². The molecular weight excluding hydrogens is 242 g/mol. The molecule has 0 amide bonds. The molecule has 0 unspecified atom stereocenters. The number of ether oxygens (including phenoxy) is 1. The minimum absolute atomic E-state index is 0.0114. The number of para-hydroxylation sites is 1. The molecule has 0 atom stereocenters. The summed E-state index contributed by atoms with van der Waals surface area (Å²) < 4.78 is 5.24. The van der Waals surface area contributed by atoms with E-state index in [1.165, 1.54) is 11.8 Å². The van der Waals surface area contributed by atoms with Gasteiger partial charge >= 0.3 is 5.69 Å². The first-order valence-electron chi connectivity index (χ1n) is 5.34. The summed E-state index contributed by atoms with van der Waals surface area (Å²) in [6, 6.07) is 5.03. The highest BCUT2D eigenvalue weighted by Crippen LogP contribution is 2.37. The molecule has 0 heterocycles. The van der Waals surface area contributed by atoms with E-state index >= 15 is 0 Å². The number of thioether (sulfide) groups is 1. The molecule has 5 nitrogen and oxygen atoms in total. The first-order chi connectivity index (χ1) is 8.20. The maximum Gasteiger partial charge on any atom is 0.324 e. The van der Waals surface area contributed by atoms with Gasteiger partial charge < -0.3 is 9.84 Å². The van der Waals surface area contributed by atoms with Gasteiger partial charge in [0.05, 0.1) is 16.4 Å². The third kappa shape index (κ3) is 3.90. The Labute approximate surface area is 104 Å². The molecule has 1 aromatic carbocycles. The van der Waals surface area contributed by atoms with Crippen molar-refractivity contribution in [3.63, 3.8) is 0 Å². The Morgan fingerprint density at radius 2 is 2.29 bits per heavy atom. The average Bonchev–Trinajstić information content (AvgIpc) is 2.29. The van der Waals surface area contributed by atoms with Crippen molar-refractivity contribution in [2.24, 2.45) is 0 Å². The van der Waals surface area contributed by atoms with E-state index < -0.39 is 4.92 Å². The predicted molar refractivity (Wildman–Crippen MR) is 66.7 cm³/mol. The number of hydrogen-bond acceptors (Lipinski definition) is 5. The quantitative estimate of drug-likeness (QED) is 0.351. The summed E-state index contributed by atoms with van der Waals surface area (Å²) in [5.74, 6) is 0.943. The Balaban J connectivity index is 2.94. The summed E-state index contributed by atoms with van der Waals surface area (Å²) in [4.78, 5) is 11.2. The van der Waals surface area contributed by atoms with E-state index in [-0.39, 0.29) is 12.3 Å². The van der Waals surface area contributed by atoms with Gasteiger partial charge in [0.1, 0.15) is 0 Å². The van der Waals surface area contributed by atoms with Crippen LogP contribution in [0.1, 0.15) is 13.3 Å². The first-order valence-corrected chi connectivity index (χ1v) is 6.33. The molecule has 0 aliphatic heterocycles. The van der Waals surface area contributed by atoms with Gasteiger partial charge in [0.15, 0.2) is 5.75 Å². The van der Waals surface area contributed by atoms with Crippen LogP contribution in [0.4, 0.5) is 5.69 Å². The van der Waals surface area contributed by atoms with Crippen LogP contribution in [-0.2, 0) is 0 Å². The highest BCUT2D eigenvalue weighted by molar-refractivity contribution is 7.99. The lowest BCUT2D eigenvalue weighted by molar-refractivity contribution is -0.388. The molecular formula is C11H15NO4S. The van der Waals surface area contributed by atoms with Crippen LogP contribution in [0, 0.1) is 10.1 Å². The first kappa shape index (κ1) is 13.8. The fourth-order valence-corrected chi connectivity index (χ4v) is 2.30. The number of aliphatic hydroxyl groups excluding tert-OH is 1. The fourth-order valence-electron chi connectivity index (χ4n) is 1.32. The molecule has 0 fully saturated rings. The van der Waals surface area contributed by atoms with Gasteiger partial charge in [0, 0.05) is 12.4 Å². The number of benzene rings is 1. The van der Waals surface area contributed by atoms with Gasteiger partial charge in [-0.05, 0) is 25.5 Å². The molecule has 6 heteroatoms. The highest BCUT2D eigenvalue weighted by Gasteiger charge is 2.20. The van der Waals surface area contributed by atoms with Crippen LogP contribution in [0.25, 0.3) is 0 Å². The normalized spacial score (nSPS) is 10.2. The zero-order valence-corrected chi connectivity index (χ0v) is 10.4. The minimum atomic E-state index is -0.424. The van der Waals surface area contributed by atoms with Crippen molar-refractivity contribution < 1.29 is 14.8 Å². The summed E-state index contributed by atoms with van der Waals surface area (Å²) in [5, 5.41) is 19.7. The second-order valence-corrected chi connectivity index (χ2v) is 4.36. The van der Waals surface area contributed by atoms with Crippen molar-refractivity contribution in [2.75, 3.05) is 19.0 Å². The number of nitrogens with zero attached hydrogens (tertiary/aromatic N) is 1. The second kappa shape index (κ2) is 7.13. The van der Waals surface area contributed by atoms with Crippen LogP contribution >= 0.6 is 11.8 Å². The van der Waals surface area contributed by atoms with E-state index in [1.807, 2.05) is 0 Å². The molecule has 0 bridgehead atoms. The lowest BCUT2D eigenvalue weighted by Crippen LogP contribution is -1.99. The van der Waals surface area contributed by atoms with Gasteiger partial charge in [0.25, 0.3) is 0 Å². The van der Waals surface area contributed by atoms with Gasteiger partial charge in [-0.1, -0.05) is 6.07 Å². The van der Waals surface area contributed by atoms with Crippen molar-refractivity contribution in [3.05, 3.63) is 28.3 Å². The highest BCUT2D eigenvalue weighted by atomic mass is 32.2. The van der Waals surface area contributed by atoms with Crippen LogP contribution in [-0.4, -0.2) is 29.0 Å². The molecule has 94 valence electrons. The zero-order valence-electron chi connectivity index (χ0n) is 9.59. The van der Waals surface area contributed by atoms with Gasteiger partial charge in [-0.15, -0.1) is 11.8 Å². The molecule has 1 rings (SSSR count). The van der Waals surface area contributed by atoms with Crippen molar-refractivity contribution >= 4 is 17.4 Å². The third-order valence-corrected chi connectivity index (χ3v) is 3.14. The summed E-state index contributed by atoms with van der Waals surface area (Å²) in [6.45, 7) is 2.27. The maximum atomic E-state index is 11.0. The minimum Gasteiger partial charge on any atom is -0.487 e. The van der Waals surface area contributed by atoms with E-state index in [1.54, 1.807) is 25.1 Å². The summed E-state index contributed by atoms with van der Waals surface area (Å²) in [5.41, 5.74) is 0.0114. The summed E-state index contributed by atoms with van der Waals surface area (Å²) in [7, 11) is 0. The predicted octanol–water partition coefficient (Wildman–Crippen LogP) is 2.47. The van der Waals surface area contributed by atoms with Gasteiger partial charge in [-0.2, -0.15) is 0 Å². The summed E-state index contributed by atoms with van der Waals surface area (Å²) >= 11 is 1.36. The second-order valence-electron chi connectivity index (χ2n) is 3.22. The topological polar surface area (TPSA) is 72.6 Å². The lowest BCUT2D eigenvalue weighted by Gasteiger charge is -2.07. The molecule has 0 saturated carbocycles. The van der Waals surface area contributed by atoms with E-state index in [2.05, 4.69) is 0 Å². The average molecular weight is 257 g/mol. The molecule has 0 saturated heterocycles. The molecule has 0 radical (unpaired) electrons. The zero-order chi connectivity index (χ0) is 12.7. The lowest BCUT2D eigenvalue weighted by atomic mass is 10.3. The molecule has 17 heavy (non-hydrogen) atoms. The Hall–Kier alpha value is -1.27. The number of nitro benzene ring substituents is 1. The van der Waals surface area contributed by atoms with Crippen LogP contribution in [0.15, 0.2) is 23.1 Å². The van der Waals surface area contributed by atoms with E-state index in [0.717, 1.165) is 0 Å². The van der Waals surface area contributed by atoms with Crippen LogP contribution in [0.3, 0.4) is 0 Å². The molecule has 0 aliphatic rings. The Morgan fingerprint density at radius 3 is 2.88 bits per heavy atom. The maximum absolute atomic E-state index is 11.0. The van der Waals surface area contributed by atoms with Crippen LogP contribution in [0.5, 0.6) is 5.75 Å². The molecule has 0 aromatic heterocycles. The number of rotatable bonds is 7. The molecule has 0 spiro atoms. The fraction of sp³-hybridized carbons (Fsp3) is 0.455. The standard InChI is InChI=1S/C11H15NO4S/c1-2-16-9-5-3-6-10(11(9)12(14)15)17-8-4-7-13/h3,5-6,13H,2,4,7-8H2,1H3. The largest absolute Gasteiger partial charge is 0.487 e. The monoisotopic (exact) mass is 257 g/mol. The Kier molecular flexibility index (Phi) is 5.79. The van der Waals surface area contributed by atoms with Crippen molar-refractivity contribution in [2.45, 2.75) is 18.2 Å². The Morgan fingerprint density at radius 1 is 1.53 bits per heavy atom. The molecule has 0 aliphatic carbocycles. The number of aliphatic hydroxyl groups is 1. The van der Waals surface area contributed by atoms with Gasteiger partial charge in [0.2, 0.25) is 0 Å². The van der Waals surface area contributed by atoms with E-state index in [0.29, 0.717) is 29.4 Å². The van der Waals surface area contributed by atoms with Gasteiger partial charge in [-0.3, -0.25) is 10.1 Å². The Bertz CT molecular complexity index is 384. The van der Waals surface area contributed by atoms with Gasteiger partial charge in [-0.25, -0.2) is 0 Å². The van der Waals surface area contributed by atoms with Crippen molar-refractivity contribution in [3.8, 4) is 5.75 Å².